The molecule has 0 saturated heterocycles. The highest BCUT2D eigenvalue weighted by atomic mass is 32.2. The second kappa shape index (κ2) is 9.33. The predicted octanol–water partition coefficient (Wildman–Crippen LogP) is 2.46. The lowest BCUT2D eigenvalue weighted by Gasteiger charge is -2.02. The van der Waals surface area contributed by atoms with E-state index in [4.69, 9.17) is 4.74 Å². The Hall–Kier alpha value is -3.20. The van der Waals surface area contributed by atoms with Gasteiger partial charge in [0.1, 0.15) is 6.54 Å². The fraction of sp³-hybridized carbons (Fsp3) is 0.250. The molecule has 0 spiro atoms. The summed E-state index contributed by atoms with van der Waals surface area (Å²) in [4.78, 5) is 32.3. The third-order valence-corrected chi connectivity index (χ3v) is 4.88. The Morgan fingerprint density at radius 2 is 1.97 bits per heavy atom. The van der Waals surface area contributed by atoms with Gasteiger partial charge in [-0.15, -0.1) is 0 Å². The van der Waals surface area contributed by atoms with Gasteiger partial charge in [0.15, 0.2) is 5.16 Å². The molecule has 0 unspecified atom stereocenters. The number of rotatable bonds is 7. The first-order chi connectivity index (χ1) is 14.0. The van der Waals surface area contributed by atoms with Crippen LogP contribution in [0.3, 0.4) is 0 Å². The molecule has 8 nitrogen and oxygen atoms in total. The van der Waals surface area contributed by atoms with E-state index in [-0.39, 0.29) is 24.2 Å². The number of carbonyl (C=O) groups is 2. The molecule has 0 fully saturated rings. The number of amides is 1. The molecule has 0 aliphatic carbocycles. The van der Waals surface area contributed by atoms with Crippen molar-refractivity contribution in [3.05, 3.63) is 53.5 Å². The Morgan fingerprint density at radius 1 is 1.24 bits per heavy atom. The maximum absolute atomic E-state index is 12.1. The molecular formula is C20H21N5O3S. The molecule has 0 bridgehead atoms. The lowest BCUT2D eigenvalue weighted by molar-refractivity contribution is -0.141. The molecule has 150 valence electrons. The van der Waals surface area contributed by atoms with Crippen molar-refractivity contribution in [2.24, 2.45) is 5.10 Å². The molecule has 0 saturated carbocycles. The number of hydrogen-bond donors (Lipinski definition) is 1. The van der Waals surface area contributed by atoms with Crippen molar-refractivity contribution in [1.29, 1.82) is 0 Å². The Bertz CT molecular complexity index is 1060. The second-order valence-electron chi connectivity index (χ2n) is 6.32. The number of para-hydroxylation sites is 1. The van der Waals surface area contributed by atoms with Gasteiger partial charge in [0.25, 0.3) is 5.91 Å². The molecule has 2 heterocycles. The number of hydrogen-bond acceptors (Lipinski definition) is 7. The summed E-state index contributed by atoms with van der Waals surface area (Å²) in [6.45, 7) is 3.88. The average molecular weight is 411 g/mol. The zero-order valence-corrected chi connectivity index (χ0v) is 17.2. The van der Waals surface area contributed by atoms with Crippen LogP contribution in [-0.4, -0.2) is 45.5 Å². The molecule has 0 atom stereocenters. The SMILES string of the molecule is COC(=O)Cn1cc(/C=N\NC(=O)CSc2nc(C)cc(C)n2)c2ccccc21. The van der Waals surface area contributed by atoms with Crippen LogP contribution in [0.5, 0.6) is 0 Å². The molecule has 1 aromatic carbocycles. The van der Waals surface area contributed by atoms with Crippen LogP contribution in [0.25, 0.3) is 10.9 Å². The zero-order chi connectivity index (χ0) is 20.8. The van der Waals surface area contributed by atoms with Gasteiger partial charge in [-0.1, -0.05) is 30.0 Å². The Balaban J connectivity index is 1.64. The molecule has 0 aliphatic rings. The third-order valence-electron chi connectivity index (χ3n) is 4.03. The van der Waals surface area contributed by atoms with Crippen LogP contribution in [0.4, 0.5) is 0 Å². The fourth-order valence-corrected chi connectivity index (χ4v) is 3.55. The van der Waals surface area contributed by atoms with Crippen LogP contribution in [-0.2, 0) is 20.9 Å². The van der Waals surface area contributed by atoms with Gasteiger partial charge >= 0.3 is 5.97 Å². The van der Waals surface area contributed by atoms with Crippen LogP contribution in [0.15, 0.2) is 46.8 Å². The first-order valence-corrected chi connectivity index (χ1v) is 9.86. The minimum Gasteiger partial charge on any atom is -0.468 e. The summed E-state index contributed by atoms with van der Waals surface area (Å²) in [6.07, 6.45) is 3.36. The summed E-state index contributed by atoms with van der Waals surface area (Å²) in [5.41, 5.74) is 5.90. The van der Waals surface area contributed by atoms with Crippen molar-refractivity contribution in [1.82, 2.24) is 20.0 Å². The summed E-state index contributed by atoms with van der Waals surface area (Å²) < 4.78 is 6.53. The van der Waals surface area contributed by atoms with Gasteiger partial charge in [-0.2, -0.15) is 5.10 Å². The molecule has 29 heavy (non-hydrogen) atoms. The van der Waals surface area contributed by atoms with Crippen molar-refractivity contribution in [3.63, 3.8) is 0 Å². The standard InChI is InChI=1S/C20H21N5O3S/c1-13-8-14(2)23-20(22-13)29-12-18(26)24-21-9-15-10-25(11-19(27)28-3)17-7-5-4-6-16(15)17/h4-10H,11-12H2,1-3H3,(H,24,26)/b21-9-. The minimum absolute atomic E-state index is 0.101. The van der Waals surface area contributed by atoms with Crippen molar-refractivity contribution >= 4 is 40.8 Å². The monoisotopic (exact) mass is 411 g/mol. The van der Waals surface area contributed by atoms with Crippen molar-refractivity contribution < 1.29 is 14.3 Å². The fourth-order valence-electron chi connectivity index (χ4n) is 2.81. The van der Waals surface area contributed by atoms with Gasteiger partial charge in [-0.05, 0) is 26.0 Å². The number of hydrazone groups is 1. The van der Waals surface area contributed by atoms with Gasteiger partial charge in [0.2, 0.25) is 0 Å². The smallest absolute Gasteiger partial charge is 0.325 e. The summed E-state index contributed by atoms with van der Waals surface area (Å²) >= 11 is 1.26. The summed E-state index contributed by atoms with van der Waals surface area (Å²) in [7, 11) is 1.35. The number of thioether (sulfide) groups is 1. The highest BCUT2D eigenvalue weighted by Gasteiger charge is 2.10. The molecule has 1 amide bonds. The maximum Gasteiger partial charge on any atom is 0.325 e. The lowest BCUT2D eigenvalue weighted by Crippen LogP contribution is -2.19. The number of ether oxygens (including phenoxy) is 1. The normalized spacial score (nSPS) is 11.1. The minimum atomic E-state index is -0.340. The predicted molar refractivity (Wildman–Crippen MR) is 112 cm³/mol. The van der Waals surface area contributed by atoms with Crippen LogP contribution in [0.2, 0.25) is 0 Å². The van der Waals surface area contributed by atoms with E-state index in [0.717, 1.165) is 27.9 Å². The number of aryl methyl sites for hydroxylation is 2. The summed E-state index contributed by atoms with van der Waals surface area (Å²) in [6, 6.07) is 9.52. The van der Waals surface area contributed by atoms with E-state index in [0.29, 0.717) is 5.16 Å². The number of esters is 1. The summed E-state index contributed by atoms with van der Waals surface area (Å²) in [5, 5.41) is 5.53. The second-order valence-corrected chi connectivity index (χ2v) is 7.26. The zero-order valence-electron chi connectivity index (χ0n) is 16.4. The number of fused-ring (bicyclic) bond motifs is 1. The average Bonchev–Trinajstić information content (AvgIpc) is 3.03. The first kappa shape index (κ1) is 20.5. The maximum atomic E-state index is 12.1. The quantitative estimate of drug-likeness (QED) is 0.211. The van der Waals surface area contributed by atoms with E-state index < -0.39 is 0 Å². The van der Waals surface area contributed by atoms with E-state index in [2.05, 4.69) is 20.5 Å². The van der Waals surface area contributed by atoms with E-state index in [1.54, 1.807) is 17.0 Å². The number of nitrogens with one attached hydrogen (secondary N) is 1. The molecule has 3 aromatic rings. The van der Waals surface area contributed by atoms with Gasteiger partial charge in [0.05, 0.1) is 19.1 Å². The van der Waals surface area contributed by atoms with Crippen LogP contribution < -0.4 is 5.43 Å². The number of methoxy groups -OCH3 is 1. The number of carbonyl (C=O) groups excluding carboxylic acids is 2. The van der Waals surface area contributed by atoms with Gasteiger partial charge in [-0.3, -0.25) is 9.59 Å². The molecule has 0 radical (unpaired) electrons. The third kappa shape index (κ3) is 5.41. The largest absolute Gasteiger partial charge is 0.468 e. The summed E-state index contributed by atoms with van der Waals surface area (Å²) in [5.74, 6) is -0.440. The number of nitrogens with zero attached hydrogens (tertiary/aromatic N) is 4. The number of benzene rings is 1. The van der Waals surface area contributed by atoms with Gasteiger partial charge < -0.3 is 9.30 Å². The van der Waals surface area contributed by atoms with Gasteiger partial charge in [0, 0.05) is 34.1 Å². The van der Waals surface area contributed by atoms with Gasteiger partial charge in [-0.25, -0.2) is 15.4 Å². The van der Waals surface area contributed by atoms with E-state index in [1.165, 1.54) is 18.9 Å². The van der Waals surface area contributed by atoms with E-state index >= 15 is 0 Å². The number of aromatic nitrogens is 3. The van der Waals surface area contributed by atoms with Crippen molar-refractivity contribution in [3.8, 4) is 0 Å². The van der Waals surface area contributed by atoms with Crippen LogP contribution >= 0.6 is 11.8 Å². The molecule has 0 aliphatic heterocycles. The molecular weight excluding hydrogens is 390 g/mol. The Kier molecular flexibility index (Phi) is 6.61. The van der Waals surface area contributed by atoms with Crippen LogP contribution in [0, 0.1) is 13.8 Å². The van der Waals surface area contributed by atoms with Crippen LogP contribution in [0.1, 0.15) is 17.0 Å². The molecule has 3 rings (SSSR count). The highest BCUT2D eigenvalue weighted by molar-refractivity contribution is 7.99. The lowest BCUT2D eigenvalue weighted by atomic mass is 10.2. The molecule has 9 heteroatoms. The molecule has 1 N–H and O–H groups in total. The van der Waals surface area contributed by atoms with E-state index in [1.807, 2.05) is 44.2 Å². The molecule has 2 aromatic heterocycles. The Morgan fingerprint density at radius 3 is 2.69 bits per heavy atom. The van der Waals surface area contributed by atoms with Crippen molar-refractivity contribution in [2.45, 2.75) is 25.5 Å². The topological polar surface area (TPSA) is 98.5 Å². The highest BCUT2D eigenvalue weighted by Crippen LogP contribution is 2.20. The van der Waals surface area contributed by atoms with E-state index in [9.17, 15) is 9.59 Å². The first-order valence-electron chi connectivity index (χ1n) is 8.88. The van der Waals surface area contributed by atoms with Crippen molar-refractivity contribution in [2.75, 3.05) is 12.9 Å². The Labute approximate surface area is 172 Å².